The first-order chi connectivity index (χ1) is 17.3. The zero-order valence-corrected chi connectivity index (χ0v) is 22.1. The van der Waals surface area contributed by atoms with Crippen LogP contribution in [0.15, 0.2) is 76.5 Å². The van der Waals surface area contributed by atoms with E-state index in [0.29, 0.717) is 27.6 Å². The Hall–Kier alpha value is -3.42. The Kier molecular flexibility index (Phi) is 7.91. The fourth-order valence-corrected chi connectivity index (χ4v) is 5.39. The van der Waals surface area contributed by atoms with Gasteiger partial charge in [-0.1, -0.05) is 48.0 Å². The number of ether oxygens (including phenoxy) is 2. The number of carbonyl (C=O) groups excluding carboxylic acids is 2. The van der Waals surface area contributed by atoms with Crippen molar-refractivity contribution in [1.82, 2.24) is 10.3 Å². The minimum Gasteiger partial charge on any atom is -0.463 e. The number of aromatic nitrogens is 1. The molecule has 0 bridgehead atoms. The summed E-state index contributed by atoms with van der Waals surface area (Å²) in [5, 5.41) is 6.57. The molecular formula is C28H27ClN2O4S. The second-order valence-electron chi connectivity index (χ2n) is 8.22. The summed E-state index contributed by atoms with van der Waals surface area (Å²) in [7, 11) is 0. The molecule has 0 spiro atoms. The van der Waals surface area contributed by atoms with Gasteiger partial charge in [0.05, 0.1) is 36.0 Å². The molecule has 0 radical (unpaired) electrons. The summed E-state index contributed by atoms with van der Waals surface area (Å²) in [5.41, 5.74) is 5.36. The Bertz CT molecular complexity index is 1340. The van der Waals surface area contributed by atoms with Crippen molar-refractivity contribution in [2.75, 3.05) is 13.2 Å². The molecule has 0 aliphatic carbocycles. The molecule has 0 saturated carbocycles. The van der Waals surface area contributed by atoms with Gasteiger partial charge >= 0.3 is 11.9 Å². The molecule has 1 aromatic heterocycles. The number of dihydropyridines is 1. The van der Waals surface area contributed by atoms with E-state index in [-0.39, 0.29) is 13.2 Å². The van der Waals surface area contributed by atoms with Crippen LogP contribution in [0.2, 0.25) is 5.02 Å². The van der Waals surface area contributed by atoms with Gasteiger partial charge in [-0.15, -0.1) is 11.3 Å². The molecule has 1 aliphatic heterocycles. The van der Waals surface area contributed by atoms with Crippen LogP contribution in [0.3, 0.4) is 0 Å². The zero-order chi connectivity index (χ0) is 25.8. The first-order valence-electron chi connectivity index (χ1n) is 11.7. The van der Waals surface area contributed by atoms with Crippen LogP contribution in [0.4, 0.5) is 0 Å². The minimum absolute atomic E-state index is 0.226. The number of thiazole rings is 1. The van der Waals surface area contributed by atoms with Gasteiger partial charge in [-0.3, -0.25) is 0 Å². The van der Waals surface area contributed by atoms with Crippen LogP contribution in [0.25, 0.3) is 21.8 Å². The Morgan fingerprint density at radius 2 is 1.61 bits per heavy atom. The van der Waals surface area contributed by atoms with Crippen molar-refractivity contribution < 1.29 is 19.1 Å². The van der Waals surface area contributed by atoms with Crippen molar-refractivity contribution >= 4 is 34.9 Å². The summed E-state index contributed by atoms with van der Waals surface area (Å²) in [5.74, 6) is -1.59. The summed E-state index contributed by atoms with van der Waals surface area (Å²) in [6.45, 7) is 7.59. The molecule has 8 heteroatoms. The van der Waals surface area contributed by atoms with E-state index in [1.807, 2.05) is 67.8 Å². The molecule has 0 saturated heterocycles. The van der Waals surface area contributed by atoms with E-state index in [1.54, 1.807) is 13.8 Å². The van der Waals surface area contributed by atoms with Gasteiger partial charge in [-0.05, 0) is 45.4 Å². The Morgan fingerprint density at radius 3 is 2.22 bits per heavy atom. The van der Waals surface area contributed by atoms with E-state index in [2.05, 4.69) is 5.32 Å². The van der Waals surface area contributed by atoms with Crippen LogP contribution >= 0.6 is 22.9 Å². The molecule has 6 nitrogen and oxygen atoms in total. The van der Waals surface area contributed by atoms with Crippen molar-refractivity contribution in [3.63, 3.8) is 0 Å². The third kappa shape index (κ3) is 5.08. The molecule has 1 N–H and O–H groups in total. The average Bonchev–Trinajstić information content (AvgIpc) is 3.34. The van der Waals surface area contributed by atoms with E-state index < -0.39 is 17.9 Å². The number of allylic oxidation sites excluding steroid dienone is 2. The lowest BCUT2D eigenvalue weighted by Gasteiger charge is -2.30. The van der Waals surface area contributed by atoms with Crippen LogP contribution in [0.1, 0.15) is 39.2 Å². The lowest BCUT2D eigenvalue weighted by molar-refractivity contribution is -0.139. The second-order valence-corrected chi connectivity index (χ2v) is 9.48. The molecule has 2 heterocycles. The number of nitrogens with zero attached hydrogens (tertiary/aromatic N) is 1. The highest BCUT2D eigenvalue weighted by atomic mass is 35.5. The predicted molar refractivity (Wildman–Crippen MR) is 143 cm³/mol. The van der Waals surface area contributed by atoms with Crippen LogP contribution in [-0.2, 0) is 19.1 Å². The molecule has 36 heavy (non-hydrogen) atoms. The highest BCUT2D eigenvalue weighted by Crippen LogP contribution is 2.41. The van der Waals surface area contributed by atoms with Gasteiger partial charge in [0.15, 0.2) is 0 Å². The van der Waals surface area contributed by atoms with Crippen LogP contribution in [0, 0.1) is 0 Å². The second kappa shape index (κ2) is 11.1. The predicted octanol–water partition coefficient (Wildman–Crippen LogP) is 6.49. The third-order valence-corrected chi connectivity index (χ3v) is 7.09. The van der Waals surface area contributed by atoms with Gasteiger partial charge in [0, 0.05) is 32.9 Å². The molecule has 0 amide bonds. The number of esters is 2. The van der Waals surface area contributed by atoms with Crippen molar-refractivity contribution in [3.8, 4) is 21.8 Å². The summed E-state index contributed by atoms with van der Waals surface area (Å²) in [6, 6.07) is 15.3. The first kappa shape index (κ1) is 25.7. The normalized spacial score (nSPS) is 14.0. The SMILES string of the molecule is CCOC(=O)C1=C(C)NC(C)=C(C(=O)OCC)C1c1cccc(-c2nc(-c3ccccc3Cl)cs2)c1. The lowest BCUT2D eigenvalue weighted by atomic mass is 9.80. The van der Waals surface area contributed by atoms with E-state index in [1.165, 1.54) is 11.3 Å². The molecule has 4 rings (SSSR count). The lowest BCUT2D eigenvalue weighted by Crippen LogP contribution is -2.32. The van der Waals surface area contributed by atoms with Crippen LogP contribution < -0.4 is 5.32 Å². The molecule has 1 aliphatic rings. The molecule has 0 fully saturated rings. The smallest absolute Gasteiger partial charge is 0.336 e. The number of carbonyl (C=O) groups is 2. The summed E-state index contributed by atoms with van der Waals surface area (Å²) in [4.78, 5) is 30.9. The van der Waals surface area contributed by atoms with E-state index in [4.69, 9.17) is 26.1 Å². The van der Waals surface area contributed by atoms with E-state index in [0.717, 1.165) is 27.4 Å². The molecule has 0 unspecified atom stereocenters. The molecule has 186 valence electrons. The van der Waals surface area contributed by atoms with Crippen LogP contribution in [-0.4, -0.2) is 30.1 Å². The van der Waals surface area contributed by atoms with Crippen molar-refractivity contribution in [1.29, 1.82) is 0 Å². The van der Waals surface area contributed by atoms with Crippen molar-refractivity contribution in [3.05, 3.63) is 87.0 Å². The number of benzene rings is 2. The topological polar surface area (TPSA) is 77.5 Å². The maximum Gasteiger partial charge on any atom is 0.336 e. The number of halogens is 1. The third-order valence-electron chi connectivity index (χ3n) is 5.87. The summed E-state index contributed by atoms with van der Waals surface area (Å²) < 4.78 is 10.7. The molecule has 2 aromatic carbocycles. The Labute approximate surface area is 219 Å². The standard InChI is InChI=1S/C28H27ClN2O4S/c1-5-34-27(32)23-16(3)30-17(4)24(28(33)35-6-2)25(23)18-10-9-11-19(14-18)26-31-22(15-36-26)20-12-7-8-13-21(20)29/h7-15,25,30H,5-6H2,1-4H3. The van der Waals surface area contributed by atoms with Gasteiger partial charge in [-0.25, -0.2) is 14.6 Å². The van der Waals surface area contributed by atoms with Gasteiger partial charge in [-0.2, -0.15) is 0 Å². The largest absolute Gasteiger partial charge is 0.463 e. The average molecular weight is 523 g/mol. The quantitative estimate of drug-likeness (QED) is 0.357. The summed E-state index contributed by atoms with van der Waals surface area (Å²) >= 11 is 7.88. The van der Waals surface area contributed by atoms with Gasteiger partial charge < -0.3 is 14.8 Å². The fraction of sp³-hybridized carbons (Fsp3) is 0.250. The highest BCUT2D eigenvalue weighted by molar-refractivity contribution is 7.13. The first-order valence-corrected chi connectivity index (χ1v) is 12.9. The van der Waals surface area contributed by atoms with Crippen molar-refractivity contribution in [2.45, 2.75) is 33.6 Å². The highest BCUT2D eigenvalue weighted by Gasteiger charge is 2.38. The van der Waals surface area contributed by atoms with E-state index in [9.17, 15) is 9.59 Å². The molecule has 3 aromatic rings. The Morgan fingerprint density at radius 1 is 0.972 bits per heavy atom. The van der Waals surface area contributed by atoms with Crippen molar-refractivity contribution in [2.24, 2.45) is 0 Å². The van der Waals surface area contributed by atoms with E-state index >= 15 is 0 Å². The minimum atomic E-state index is -0.646. The number of hydrogen-bond donors (Lipinski definition) is 1. The number of nitrogens with one attached hydrogen (secondary N) is 1. The molecular weight excluding hydrogens is 496 g/mol. The fourth-order valence-electron chi connectivity index (χ4n) is 4.34. The molecule has 0 atom stereocenters. The number of rotatable bonds is 7. The maximum atomic E-state index is 13.1. The van der Waals surface area contributed by atoms with Gasteiger partial charge in [0.25, 0.3) is 0 Å². The van der Waals surface area contributed by atoms with Gasteiger partial charge in [0.1, 0.15) is 5.01 Å². The maximum absolute atomic E-state index is 13.1. The summed E-state index contributed by atoms with van der Waals surface area (Å²) in [6.07, 6.45) is 0. The van der Waals surface area contributed by atoms with Gasteiger partial charge in [0.2, 0.25) is 0 Å². The Balaban J connectivity index is 1.80. The monoisotopic (exact) mass is 522 g/mol. The number of hydrogen-bond acceptors (Lipinski definition) is 7. The zero-order valence-electron chi connectivity index (χ0n) is 20.6. The van der Waals surface area contributed by atoms with Crippen LogP contribution in [0.5, 0.6) is 0 Å².